The molecule has 0 spiro atoms. The molecule has 1 fully saturated rings. The van der Waals surface area contributed by atoms with Crippen LogP contribution in [0, 0.1) is 0 Å². The summed E-state index contributed by atoms with van der Waals surface area (Å²) in [5, 5.41) is 18.4. The second kappa shape index (κ2) is 7.41. The van der Waals surface area contributed by atoms with Gasteiger partial charge in [-0.15, -0.1) is 0 Å². The zero-order valence-corrected chi connectivity index (χ0v) is 13.2. The molecule has 1 aliphatic rings. The lowest BCUT2D eigenvalue weighted by Crippen LogP contribution is -2.36. The highest BCUT2D eigenvalue weighted by molar-refractivity contribution is 6.30. The fourth-order valence-corrected chi connectivity index (χ4v) is 2.96. The fourth-order valence-electron chi connectivity index (χ4n) is 2.75. The second-order valence-corrected chi connectivity index (χ2v) is 5.84. The highest BCUT2D eigenvalue weighted by atomic mass is 35.5. The topological polar surface area (TPSA) is 53.3 Å². The van der Waals surface area contributed by atoms with Crippen molar-refractivity contribution in [2.24, 2.45) is 7.05 Å². The lowest BCUT2D eigenvalue weighted by molar-refractivity contribution is 0.123. The molecule has 0 radical (unpaired) electrons. The molecular formula is C14H25ClN4O. The number of aliphatic hydroxyl groups excluding tert-OH is 1. The Kier molecular flexibility index (Phi) is 5.84. The maximum atomic E-state index is 10.0. The third-order valence-electron chi connectivity index (χ3n) is 3.84. The van der Waals surface area contributed by atoms with Crippen LogP contribution in [0.3, 0.4) is 0 Å². The van der Waals surface area contributed by atoms with Crippen molar-refractivity contribution in [2.45, 2.75) is 38.8 Å². The smallest absolute Gasteiger partial charge is 0.131 e. The predicted octanol–water partition coefficient (Wildman–Crippen LogP) is 1.18. The quantitative estimate of drug-likeness (QED) is 0.794. The minimum absolute atomic E-state index is 0.325. The van der Waals surface area contributed by atoms with Crippen LogP contribution < -0.4 is 5.32 Å². The number of halogens is 1. The van der Waals surface area contributed by atoms with E-state index in [1.165, 1.54) is 12.8 Å². The van der Waals surface area contributed by atoms with Crippen molar-refractivity contribution in [2.75, 3.05) is 26.2 Å². The van der Waals surface area contributed by atoms with E-state index in [4.69, 9.17) is 11.6 Å². The molecule has 0 aromatic carbocycles. The van der Waals surface area contributed by atoms with E-state index in [1.807, 2.05) is 7.05 Å². The van der Waals surface area contributed by atoms with E-state index >= 15 is 0 Å². The zero-order chi connectivity index (χ0) is 14.5. The van der Waals surface area contributed by atoms with Crippen molar-refractivity contribution in [1.82, 2.24) is 20.0 Å². The zero-order valence-electron chi connectivity index (χ0n) is 12.4. The number of likely N-dealkylation sites (tertiary alicyclic amines) is 1. The molecule has 6 heteroatoms. The molecule has 2 N–H and O–H groups in total. The van der Waals surface area contributed by atoms with Crippen LogP contribution in [-0.4, -0.2) is 52.1 Å². The third-order valence-corrected chi connectivity index (χ3v) is 4.31. The minimum Gasteiger partial charge on any atom is -0.390 e. The van der Waals surface area contributed by atoms with Gasteiger partial charge >= 0.3 is 0 Å². The summed E-state index contributed by atoms with van der Waals surface area (Å²) in [5.41, 5.74) is 2.07. The summed E-state index contributed by atoms with van der Waals surface area (Å²) in [6.45, 7) is 6.31. The number of hydrogen-bond acceptors (Lipinski definition) is 4. The third kappa shape index (κ3) is 3.95. The molecule has 20 heavy (non-hydrogen) atoms. The number of nitrogens with one attached hydrogen (secondary N) is 1. The number of nitrogens with zero attached hydrogens (tertiary/aromatic N) is 3. The molecule has 0 bridgehead atoms. The van der Waals surface area contributed by atoms with Gasteiger partial charge in [0.2, 0.25) is 0 Å². The van der Waals surface area contributed by atoms with Gasteiger partial charge in [0.15, 0.2) is 0 Å². The van der Waals surface area contributed by atoms with Crippen LogP contribution in [0.4, 0.5) is 0 Å². The van der Waals surface area contributed by atoms with Crippen LogP contribution in [-0.2, 0) is 20.0 Å². The summed E-state index contributed by atoms with van der Waals surface area (Å²) in [7, 11) is 1.85. The van der Waals surface area contributed by atoms with Gasteiger partial charge in [-0.3, -0.25) is 4.68 Å². The van der Waals surface area contributed by atoms with Crippen molar-refractivity contribution in [1.29, 1.82) is 0 Å². The first-order chi connectivity index (χ1) is 9.61. The normalized spacial score (nSPS) is 17.8. The van der Waals surface area contributed by atoms with Gasteiger partial charge in [0, 0.05) is 32.2 Å². The molecule has 1 atom stereocenters. The van der Waals surface area contributed by atoms with Crippen molar-refractivity contribution in [3.63, 3.8) is 0 Å². The standard InChI is InChI=1S/C14H25ClN4O/c1-3-13-12(14(15)18(2)17-13)9-16-8-11(20)10-19-6-4-5-7-19/h11,16,20H,3-10H2,1-2H3. The summed E-state index contributed by atoms with van der Waals surface area (Å²) in [6.07, 6.45) is 3.05. The summed E-state index contributed by atoms with van der Waals surface area (Å²) in [5.74, 6) is 0. The maximum Gasteiger partial charge on any atom is 0.131 e. The van der Waals surface area contributed by atoms with Gasteiger partial charge in [-0.25, -0.2) is 0 Å². The predicted molar refractivity (Wildman–Crippen MR) is 81.0 cm³/mol. The Morgan fingerprint density at radius 1 is 1.40 bits per heavy atom. The average molecular weight is 301 g/mol. The lowest BCUT2D eigenvalue weighted by atomic mass is 10.2. The first-order valence-corrected chi connectivity index (χ1v) is 7.81. The number of aliphatic hydroxyl groups is 1. The van der Waals surface area contributed by atoms with Crippen molar-refractivity contribution in [3.8, 4) is 0 Å². The van der Waals surface area contributed by atoms with E-state index in [0.29, 0.717) is 18.2 Å². The van der Waals surface area contributed by atoms with Gasteiger partial charge in [0.25, 0.3) is 0 Å². The molecule has 1 aromatic rings. The van der Waals surface area contributed by atoms with Crippen molar-refractivity contribution in [3.05, 3.63) is 16.4 Å². The highest BCUT2D eigenvalue weighted by Crippen LogP contribution is 2.19. The van der Waals surface area contributed by atoms with Crippen LogP contribution in [0.1, 0.15) is 31.0 Å². The Morgan fingerprint density at radius 2 is 2.10 bits per heavy atom. The van der Waals surface area contributed by atoms with Gasteiger partial charge in [0.05, 0.1) is 11.8 Å². The Hall–Kier alpha value is -0.620. The molecule has 1 saturated heterocycles. The van der Waals surface area contributed by atoms with Crippen LogP contribution in [0.2, 0.25) is 5.15 Å². The first kappa shape index (κ1) is 15.8. The second-order valence-electron chi connectivity index (χ2n) is 5.49. The molecule has 0 saturated carbocycles. The lowest BCUT2D eigenvalue weighted by Gasteiger charge is -2.19. The summed E-state index contributed by atoms with van der Waals surface area (Å²) in [4.78, 5) is 2.32. The Bertz CT molecular complexity index is 429. The van der Waals surface area contributed by atoms with Crippen LogP contribution >= 0.6 is 11.6 Å². The SMILES string of the molecule is CCc1nn(C)c(Cl)c1CNCC(O)CN1CCCC1. The first-order valence-electron chi connectivity index (χ1n) is 7.43. The van der Waals surface area contributed by atoms with Crippen molar-refractivity contribution < 1.29 is 5.11 Å². The maximum absolute atomic E-state index is 10.0. The van der Waals surface area contributed by atoms with E-state index in [1.54, 1.807) is 4.68 Å². The Balaban J connectivity index is 1.77. The molecule has 1 aromatic heterocycles. The average Bonchev–Trinajstić information content (AvgIpc) is 3.01. The van der Waals surface area contributed by atoms with E-state index < -0.39 is 0 Å². The van der Waals surface area contributed by atoms with E-state index in [2.05, 4.69) is 22.2 Å². The molecule has 5 nitrogen and oxygen atoms in total. The van der Waals surface area contributed by atoms with Gasteiger partial charge in [0.1, 0.15) is 5.15 Å². The van der Waals surface area contributed by atoms with Crippen LogP contribution in [0.25, 0.3) is 0 Å². The van der Waals surface area contributed by atoms with E-state index in [-0.39, 0.29) is 6.10 Å². The largest absolute Gasteiger partial charge is 0.390 e. The number of hydrogen-bond donors (Lipinski definition) is 2. The van der Waals surface area contributed by atoms with Crippen LogP contribution in [0.5, 0.6) is 0 Å². The van der Waals surface area contributed by atoms with Gasteiger partial charge in [-0.1, -0.05) is 18.5 Å². The molecule has 2 rings (SSSR count). The molecule has 1 aliphatic heterocycles. The minimum atomic E-state index is -0.325. The molecular weight excluding hydrogens is 276 g/mol. The summed E-state index contributed by atoms with van der Waals surface area (Å²) in [6, 6.07) is 0. The Morgan fingerprint density at radius 3 is 2.75 bits per heavy atom. The molecule has 0 amide bonds. The number of β-amino-alcohol motifs (C(OH)–C–C–N with tert-alkyl or cyclic N) is 1. The number of rotatable bonds is 7. The van der Waals surface area contributed by atoms with E-state index in [9.17, 15) is 5.11 Å². The monoisotopic (exact) mass is 300 g/mol. The molecule has 114 valence electrons. The van der Waals surface area contributed by atoms with Gasteiger partial charge in [-0.05, 0) is 32.4 Å². The Labute approximate surface area is 125 Å². The van der Waals surface area contributed by atoms with Gasteiger partial charge < -0.3 is 15.3 Å². The summed E-state index contributed by atoms with van der Waals surface area (Å²) >= 11 is 6.24. The molecule has 0 aliphatic carbocycles. The number of aryl methyl sites for hydroxylation is 2. The van der Waals surface area contributed by atoms with Gasteiger partial charge in [-0.2, -0.15) is 5.10 Å². The molecule has 1 unspecified atom stereocenters. The fraction of sp³-hybridized carbons (Fsp3) is 0.786. The van der Waals surface area contributed by atoms with Crippen LogP contribution in [0.15, 0.2) is 0 Å². The number of aromatic nitrogens is 2. The van der Waals surface area contributed by atoms with E-state index in [0.717, 1.165) is 37.3 Å². The summed E-state index contributed by atoms with van der Waals surface area (Å²) < 4.78 is 1.71. The van der Waals surface area contributed by atoms with Crippen molar-refractivity contribution >= 4 is 11.6 Å². The highest BCUT2D eigenvalue weighted by Gasteiger charge is 2.16. The molecule has 2 heterocycles.